The highest BCUT2D eigenvalue weighted by Crippen LogP contribution is 2.40. The van der Waals surface area contributed by atoms with Gasteiger partial charge in [-0.2, -0.15) is 0 Å². The normalized spacial score (nSPS) is 11.1. The van der Waals surface area contributed by atoms with Crippen molar-refractivity contribution >= 4 is 27.8 Å². The van der Waals surface area contributed by atoms with Crippen LogP contribution < -0.4 is 9.47 Å². The molecule has 0 spiro atoms. The van der Waals surface area contributed by atoms with E-state index in [4.69, 9.17) is 9.47 Å². The monoisotopic (exact) mass is 542 g/mol. The molecule has 2 heterocycles. The van der Waals surface area contributed by atoms with Crippen LogP contribution in [0.25, 0.3) is 32.8 Å². The van der Waals surface area contributed by atoms with Crippen LogP contribution in [0.2, 0.25) is 0 Å². The molecule has 0 unspecified atom stereocenters. The van der Waals surface area contributed by atoms with Crippen molar-refractivity contribution in [2.45, 2.75) is 26.3 Å². The maximum Gasteiger partial charge on any atom is 0.512 e. The molecule has 0 fully saturated rings. The Kier molecular flexibility index (Phi) is 7.37. The average Bonchev–Trinajstić information content (AvgIpc) is 3.27. The van der Waals surface area contributed by atoms with Crippen LogP contribution in [0.3, 0.4) is 0 Å². The van der Waals surface area contributed by atoms with Gasteiger partial charge in [-0.1, -0.05) is 84.9 Å². The molecule has 0 aliphatic rings. The minimum Gasteiger partial charge on any atom is -0.493 e. The van der Waals surface area contributed by atoms with Gasteiger partial charge in [0.15, 0.2) is 0 Å². The number of rotatable bonds is 9. The zero-order valence-corrected chi connectivity index (χ0v) is 22.8. The standard InChI is InChI=1S/C35H30N2O4/c1-24-11-2-4-15-27(24)29-17-9-18-30-31(19-10-22-40-32-20-8-13-25-12-3-5-16-28(25)32)34(41-35(38)39)37(33(29)30)23-26-14-6-7-21-36-26/h2-9,11-18,20-21H,10,19,22-23H2,1H3,(H,38,39). The number of pyridine rings is 1. The maximum absolute atomic E-state index is 12.0. The van der Waals surface area contributed by atoms with Crippen LogP contribution in [-0.2, 0) is 13.0 Å². The number of nitrogens with zero attached hydrogens (tertiary/aromatic N) is 2. The van der Waals surface area contributed by atoms with E-state index in [1.165, 1.54) is 0 Å². The molecule has 6 aromatic rings. The van der Waals surface area contributed by atoms with Gasteiger partial charge in [-0.05, 0) is 54.5 Å². The SMILES string of the molecule is Cc1ccccc1-c1cccc2c(CCCOc3cccc4ccccc34)c(OC(=O)O)n(Cc3ccccn3)c12. The van der Waals surface area contributed by atoms with E-state index in [0.717, 1.165) is 55.4 Å². The van der Waals surface area contributed by atoms with Gasteiger partial charge in [0.1, 0.15) is 5.75 Å². The maximum atomic E-state index is 12.0. The lowest BCUT2D eigenvalue weighted by Gasteiger charge is -2.14. The number of carbonyl (C=O) groups is 1. The average molecular weight is 543 g/mol. The molecule has 1 N–H and O–H groups in total. The molecule has 0 aliphatic carbocycles. The second kappa shape index (κ2) is 11.6. The van der Waals surface area contributed by atoms with Crippen molar-refractivity contribution in [2.75, 3.05) is 6.61 Å². The molecule has 0 radical (unpaired) electrons. The lowest BCUT2D eigenvalue weighted by atomic mass is 9.97. The molecular formula is C35H30N2O4. The Morgan fingerprint density at radius 3 is 2.39 bits per heavy atom. The quantitative estimate of drug-likeness (QED) is 0.147. The predicted octanol–water partition coefficient (Wildman–Crippen LogP) is 8.28. The first-order chi connectivity index (χ1) is 20.1. The molecule has 6 heteroatoms. The van der Waals surface area contributed by atoms with Crippen LogP contribution in [0.4, 0.5) is 4.79 Å². The van der Waals surface area contributed by atoms with Crippen molar-refractivity contribution in [3.63, 3.8) is 0 Å². The molecule has 6 rings (SSSR count). The number of aryl methyl sites for hydroxylation is 2. The van der Waals surface area contributed by atoms with E-state index in [1.54, 1.807) is 6.20 Å². The zero-order chi connectivity index (χ0) is 28.2. The second-order valence-electron chi connectivity index (χ2n) is 10.0. The minimum atomic E-state index is -1.35. The summed E-state index contributed by atoms with van der Waals surface area (Å²) >= 11 is 0. The number of aromatic nitrogens is 2. The Hall–Kier alpha value is -5.10. The zero-order valence-electron chi connectivity index (χ0n) is 22.8. The lowest BCUT2D eigenvalue weighted by Crippen LogP contribution is -2.11. The van der Waals surface area contributed by atoms with Gasteiger partial charge in [0.05, 0.1) is 24.4 Å². The van der Waals surface area contributed by atoms with E-state index in [0.29, 0.717) is 31.9 Å². The topological polar surface area (TPSA) is 73.6 Å². The van der Waals surface area contributed by atoms with Gasteiger partial charge >= 0.3 is 6.16 Å². The molecule has 0 atom stereocenters. The van der Waals surface area contributed by atoms with Crippen LogP contribution in [0, 0.1) is 6.92 Å². The van der Waals surface area contributed by atoms with Gasteiger partial charge in [-0.3, -0.25) is 4.98 Å². The second-order valence-corrected chi connectivity index (χ2v) is 10.0. The predicted molar refractivity (Wildman–Crippen MR) is 162 cm³/mol. The summed E-state index contributed by atoms with van der Waals surface area (Å²) in [6.07, 6.45) is 1.65. The molecule has 204 valence electrons. The van der Waals surface area contributed by atoms with Gasteiger partial charge in [0.2, 0.25) is 5.88 Å². The molecule has 0 saturated heterocycles. The molecule has 0 aliphatic heterocycles. The van der Waals surface area contributed by atoms with Gasteiger partial charge < -0.3 is 19.1 Å². The number of benzene rings is 4. The van der Waals surface area contributed by atoms with Gasteiger partial charge in [-0.15, -0.1) is 0 Å². The summed E-state index contributed by atoms with van der Waals surface area (Å²) in [6, 6.07) is 34.3. The fraction of sp³-hybridized carbons (Fsp3) is 0.143. The van der Waals surface area contributed by atoms with Crippen LogP contribution >= 0.6 is 0 Å². The largest absolute Gasteiger partial charge is 0.512 e. The highest BCUT2D eigenvalue weighted by atomic mass is 16.7. The summed E-state index contributed by atoms with van der Waals surface area (Å²) in [5, 5.41) is 12.9. The molecule has 0 saturated carbocycles. The van der Waals surface area contributed by atoms with Crippen molar-refractivity contribution in [3.05, 3.63) is 126 Å². The minimum absolute atomic E-state index is 0.323. The van der Waals surface area contributed by atoms with Crippen LogP contribution in [-0.4, -0.2) is 27.4 Å². The fourth-order valence-electron chi connectivity index (χ4n) is 5.55. The Bertz CT molecular complexity index is 1840. The summed E-state index contributed by atoms with van der Waals surface area (Å²) in [7, 11) is 0. The van der Waals surface area contributed by atoms with E-state index in [9.17, 15) is 9.90 Å². The van der Waals surface area contributed by atoms with E-state index < -0.39 is 6.16 Å². The number of carboxylic acid groups (broad SMARTS) is 1. The summed E-state index contributed by atoms with van der Waals surface area (Å²) in [5.41, 5.74) is 5.82. The number of para-hydroxylation sites is 1. The molecule has 0 amide bonds. The number of hydrogen-bond acceptors (Lipinski definition) is 4. The van der Waals surface area contributed by atoms with Crippen LogP contribution in [0.15, 0.2) is 109 Å². The highest BCUT2D eigenvalue weighted by molar-refractivity contribution is 5.99. The first-order valence-corrected chi connectivity index (χ1v) is 13.7. The third-order valence-electron chi connectivity index (χ3n) is 7.38. The molecule has 0 bridgehead atoms. The highest BCUT2D eigenvalue weighted by Gasteiger charge is 2.24. The van der Waals surface area contributed by atoms with E-state index >= 15 is 0 Å². The van der Waals surface area contributed by atoms with E-state index in [1.807, 2.05) is 71.3 Å². The number of fused-ring (bicyclic) bond motifs is 2. The van der Waals surface area contributed by atoms with Crippen molar-refractivity contribution < 1.29 is 19.4 Å². The summed E-state index contributed by atoms with van der Waals surface area (Å²) < 4.78 is 13.7. The van der Waals surface area contributed by atoms with Crippen molar-refractivity contribution in [2.24, 2.45) is 0 Å². The smallest absolute Gasteiger partial charge is 0.493 e. The molecule has 4 aromatic carbocycles. The lowest BCUT2D eigenvalue weighted by molar-refractivity contribution is 0.140. The molecule has 2 aromatic heterocycles. The third-order valence-corrected chi connectivity index (χ3v) is 7.38. The van der Waals surface area contributed by atoms with Gasteiger partial charge in [0, 0.05) is 28.1 Å². The summed E-state index contributed by atoms with van der Waals surface area (Å²) in [6.45, 7) is 2.93. The fourth-order valence-corrected chi connectivity index (χ4v) is 5.55. The first kappa shape index (κ1) is 26.1. The summed E-state index contributed by atoms with van der Waals surface area (Å²) in [4.78, 5) is 16.5. The van der Waals surface area contributed by atoms with Gasteiger partial charge in [-0.25, -0.2) is 4.79 Å². The summed E-state index contributed by atoms with van der Waals surface area (Å²) in [5.74, 6) is 1.16. The van der Waals surface area contributed by atoms with E-state index in [2.05, 4.69) is 48.3 Å². The molecular weight excluding hydrogens is 512 g/mol. The van der Waals surface area contributed by atoms with Gasteiger partial charge in [0.25, 0.3) is 0 Å². The van der Waals surface area contributed by atoms with Crippen LogP contribution in [0.5, 0.6) is 11.6 Å². The Morgan fingerprint density at radius 1 is 0.829 bits per heavy atom. The first-order valence-electron chi connectivity index (χ1n) is 13.7. The Balaban J connectivity index is 1.41. The van der Waals surface area contributed by atoms with Crippen molar-refractivity contribution in [3.8, 4) is 22.8 Å². The third kappa shape index (κ3) is 5.37. The molecule has 41 heavy (non-hydrogen) atoms. The Labute approximate surface area is 238 Å². The Morgan fingerprint density at radius 2 is 1.56 bits per heavy atom. The number of ether oxygens (including phenoxy) is 2. The van der Waals surface area contributed by atoms with E-state index in [-0.39, 0.29) is 0 Å². The van der Waals surface area contributed by atoms with Crippen molar-refractivity contribution in [1.82, 2.24) is 9.55 Å². The number of hydrogen-bond donors (Lipinski definition) is 1. The van der Waals surface area contributed by atoms with Crippen molar-refractivity contribution in [1.29, 1.82) is 0 Å². The van der Waals surface area contributed by atoms with Crippen LogP contribution in [0.1, 0.15) is 23.2 Å². The molecule has 6 nitrogen and oxygen atoms in total.